The summed E-state index contributed by atoms with van der Waals surface area (Å²) in [5.41, 5.74) is 0.678. The third-order valence-electron chi connectivity index (χ3n) is 9.42. The number of methoxy groups -OCH3 is 1. The minimum absolute atomic E-state index is 0.0201. The van der Waals surface area contributed by atoms with Gasteiger partial charge in [0.1, 0.15) is 18.1 Å². The van der Waals surface area contributed by atoms with E-state index in [-0.39, 0.29) is 28.8 Å². The van der Waals surface area contributed by atoms with Gasteiger partial charge in [0, 0.05) is 18.4 Å². The van der Waals surface area contributed by atoms with Crippen LogP contribution in [0.1, 0.15) is 51.5 Å². The first-order valence-electron chi connectivity index (χ1n) is 13.8. The number of carbonyl (C=O) groups is 1. The van der Waals surface area contributed by atoms with Crippen LogP contribution >= 0.6 is 0 Å². The Labute approximate surface area is 225 Å². The van der Waals surface area contributed by atoms with Crippen LogP contribution < -0.4 is 14.8 Å². The zero-order valence-corrected chi connectivity index (χ0v) is 22.7. The number of aliphatic hydroxyl groups is 1. The molecule has 3 aliphatic rings. The highest BCUT2D eigenvalue weighted by atomic mass is 16.7. The van der Waals surface area contributed by atoms with Gasteiger partial charge in [-0.05, 0) is 72.8 Å². The van der Waals surface area contributed by atoms with Crippen LogP contribution in [0.2, 0.25) is 0 Å². The van der Waals surface area contributed by atoms with Gasteiger partial charge in [-0.3, -0.25) is 4.79 Å². The van der Waals surface area contributed by atoms with Gasteiger partial charge in [0.2, 0.25) is 5.91 Å². The molecule has 2 aromatic rings. The van der Waals surface area contributed by atoms with Crippen molar-refractivity contribution in [2.45, 2.75) is 71.0 Å². The highest BCUT2D eigenvalue weighted by Crippen LogP contribution is 2.62. The number of aliphatic hydroxyl groups excluding tert-OH is 1. The minimum Gasteiger partial charge on any atom is -0.497 e. The molecule has 1 amide bonds. The minimum atomic E-state index is -0.486. The Hall–Kier alpha value is -2.61. The molecule has 0 spiro atoms. The van der Waals surface area contributed by atoms with Crippen LogP contribution in [0.25, 0.3) is 0 Å². The molecule has 0 bridgehead atoms. The number of carbonyl (C=O) groups excluding carboxylic acids is 1. The van der Waals surface area contributed by atoms with Crippen molar-refractivity contribution >= 4 is 5.91 Å². The first-order valence-corrected chi connectivity index (χ1v) is 13.8. The molecule has 0 radical (unpaired) electrons. The van der Waals surface area contributed by atoms with Crippen LogP contribution in [-0.4, -0.2) is 49.8 Å². The second-order valence-corrected chi connectivity index (χ2v) is 11.7. The Bertz CT molecular complexity index is 1080. The molecule has 2 aliphatic carbocycles. The Balaban J connectivity index is 1.21. The molecule has 7 heteroatoms. The van der Waals surface area contributed by atoms with Crippen LogP contribution in [0.4, 0.5) is 0 Å². The van der Waals surface area contributed by atoms with E-state index in [1.807, 2.05) is 54.6 Å². The van der Waals surface area contributed by atoms with E-state index in [1.54, 1.807) is 7.11 Å². The number of rotatable bonds is 8. The van der Waals surface area contributed by atoms with Crippen molar-refractivity contribution in [3.8, 4) is 11.5 Å². The van der Waals surface area contributed by atoms with Gasteiger partial charge in [0.25, 0.3) is 0 Å². The molecule has 206 valence electrons. The van der Waals surface area contributed by atoms with Gasteiger partial charge in [-0.1, -0.05) is 44.2 Å². The number of amides is 1. The molecule has 7 atom stereocenters. The van der Waals surface area contributed by atoms with E-state index in [2.05, 4.69) is 19.2 Å². The van der Waals surface area contributed by atoms with Crippen molar-refractivity contribution in [3.05, 3.63) is 60.2 Å². The van der Waals surface area contributed by atoms with Crippen molar-refractivity contribution in [1.82, 2.24) is 5.32 Å². The molecule has 1 saturated heterocycles. The van der Waals surface area contributed by atoms with Crippen molar-refractivity contribution in [2.24, 2.45) is 22.7 Å². The SMILES string of the molecule is COc1ccc(CNC(=O)C[C@@H]2[C@H](O)CC[C@H]3[C@]4(C)CO[C@@H](COc5ccccc5)O[C@@H]4CC[C@]32C)cc1. The van der Waals surface area contributed by atoms with E-state index in [0.29, 0.717) is 38.5 Å². The van der Waals surface area contributed by atoms with E-state index in [1.165, 1.54) is 0 Å². The van der Waals surface area contributed by atoms with Gasteiger partial charge < -0.3 is 29.4 Å². The highest BCUT2D eigenvalue weighted by Gasteiger charge is 2.61. The Morgan fingerprint density at radius 3 is 2.53 bits per heavy atom. The standard InChI is InChI=1S/C31H41NO6/c1-30-16-15-27-31(2,20-37-29(38-27)19-36-23-7-5-4-6-8-23)26(30)14-13-25(33)24(30)17-28(34)32-18-21-9-11-22(35-3)12-10-21/h4-12,24-27,29,33H,13-20H2,1-3H3,(H,32,34)/t24-,25-,26-,27-,29-,30+,31+/m1/s1. The van der Waals surface area contributed by atoms with E-state index < -0.39 is 12.4 Å². The average molecular weight is 524 g/mol. The molecular weight excluding hydrogens is 482 g/mol. The number of fused-ring (bicyclic) bond motifs is 3. The second kappa shape index (κ2) is 11.2. The molecule has 5 rings (SSSR count). The molecule has 0 aromatic heterocycles. The Kier molecular flexibility index (Phi) is 7.98. The quantitative estimate of drug-likeness (QED) is 0.521. The molecule has 3 fully saturated rings. The number of benzene rings is 2. The van der Waals surface area contributed by atoms with E-state index in [4.69, 9.17) is 18.9 Å². The molecule has 1 heterocycles. The van der Waals surface area contributed by atoms with Crippen molar-refractivity contribution in [3.63, 3.8) is 0 Å². The largest absolute Gasteiger partial charge is 0.497 e. The summed E-state index contributed by atoms with van der Waals surface area (Å²) < 4.78 is 23.8. The van der Waals surface area contributed by atoms with Gasteiger partial charge in [-0.25, -0.2) is 0 Å². The molecule has 0 unspecified atom stereocenters. The fraction of sp³-hybridized carbons (Fsp3) is 0.581. The maximum Gasteiger partial charge on any atom is 0.220 e. The lowest BCUT2D eigenvalue weighted by Gasteiger charge is -2.62. The molecule has 7 nitrogen and oxygen atoms in total. The highest BCUT2D eigenvalue weighted by molar-refractivity contribution is 5.76. The molecule has 38 heavy (non-hydrogen) atoms. The number of hydrogen-bond acceptors (Lipinski definition) is 6. The van der Waals surface area contributed by atoms with Crippen LogP contribution in [0, 0.1) is 22.7 Å². The fourth-order valence-electron chi connectivity index (χ4n) is 7.27. The van der Waals surface area contributed by atoms with Crippen LogP contribution in [0.15, 0.2) is 54.6 Å². The van der Waals surface area contributed by atoms with Crippen LogP contribution in [0.3, 0.4) is 0 Å². The summed E-state index contributed by atoms with van der Waals surface area (Å²) in [6, 6.07) is 17.4. The number of nitrogens with one attached hydrogen (secondary N) is 1. The van der Waals surface area contributed by atoms with E-state index in [0.717, 1.165) is 36.3 Å². The maximum atomic E-state index is 13.1. The lowest BCUT2D eigenvalue weighted by atomic mass is 9.46. The zero-order chi connectivity index (χ0) is 26.8. The number of para-hydroxylation sites is 1. The summed E-state index contributed by atoms with van der Waals surface area (Å²) in [6.45, 7) is 5.95. The lowest BCUT2D eigenvalue weighted by molar-refractivity contribution is -0.313. The third-order valence-corrected chi connectivity index (χ3v) is 9.42. The maximum absolute atomic E-state index is 13.1. The molecule has 2 N–H and O–H groups in total. The molecule has 2 saturated carbocycles. The summed E-state index contributed by atoms with van der Waals surface area (Å²) in [6.07, 6.45) is 2.90. The van der Waals surface area contributed by atoms with Crippen molar-refractivity contribution in [1.29, 1.82) is 0 Å². The van der Waals surface area contributed by atoms with Crippen molar-refractivity contribution in [2.75, 3.05) is 20.3 Å². The number of ether oxygens (including phenoxy) is 4. The van der Waals surface area contributed by atoms with Gasteiger partial charge in [0.15, 0.2) is 6.29 Å². The smallest absolute Gasteiger partial charge is 0.220 e. The first kappa shape index (κ1) is 27.0. The zero-order valence-electron chi connectivity index (χ0n) is 22.7. The molecule has 1 aliphatic heterocycles. The number of hydrogen-bond donors (Lipinski definition) is 2. The monoisotopic (exact) mass is 523 g/mol. The summed E-state index contributed by atoms with van der Waals surface area (Å²) in [7, 11) is 1.64. The predicted octanol–water partition coefficient (Wildman–Crippen LogP) is 4.72. The normalized spacial score (nSPS) is 34.5. The summed E-state index contributed by atoms with van der Waals surface area (Å²) >= 11 is 0. The summed E-state index contributed by atoms with van der Waals surface area (Å²) in [5.74, 6) is 1.77. The fourth-order valence-corrected chi connectivity index (χ4v) is 7.27. The van der Waals surface area contributed by atoms with E-state index in [9.17, 15) is 9.90 Å². The molecular formula is C31H41NO6. The van der Waals surface area contributed by atoms with Crippen LogP contribution in [-0.2, 0) is 20.8 Å². The third kappa shape index (κ3) is 5.42. The van der Waals surface area contributed by atoms with Crippen LogP contribution in [0.5, 0.6) is 11.5 Å². The van der Waals surface area contributed by atoms with E-state index >= 15 is 0 Å². The summed E-state index contributed by atoms with van der Waals surface area (Å²) in [4.78, 5) is 13.1. The summed E-state index contributed by atoms with van der Waals surface area (Å²) in [5, 5.41) is 14.2. The van der Waals surface area contributed by atoms with Gasteiger partial charge >= 0.3 is 0 Å². The Morgan fingerprint density at radius 1 is 1.03 bits per heavy atom. The van der Waals surface area contributed by atoms with Gasteiger partial charge in [0.05, 0.1) is 25.9 Å². The lowest BCUT2D eigenvalue weighted by Crippen LogP contribution is -2.63. The predicted molar refractivity (Wildman–Crippen MR) is 144 cm³/mol. The van der Waals surface area contributed by atoms with Crippen molar-refractivity contribution < 1.29 is 28.8 Å². The first-order chi connectivity index (χ1) is 18.3. The second-order valence-electron chi connectivity index (χ2n) is 11.7. The van der Waals surface area contributed by atoms with Gasteiger partial charge in [-0.15, -0.1) is 0 Å². The topological polar surface area (TPSA) is 86.3 Å². The molecule has 2 aromatic carbocycles. The average Bonchev–Trinajstić information content (AvgIpc) is 2.93. The van der Waals surface area contributed by atoms with Gasteiger partial charge in [-0.2, -0.15) is 0 Å². The Morgan fingerprint density at radius 2 is 1.79 bits per heavy atom.